The van der Waals surface area contributed by atoms with Gasteiger partial charge in [0.15, 0.2) is 19.7 Å². The van der Waals surface area contributed by atoms with Gasteiger partial charge in [-0.3, -0.25) is 59.5 Å². The summed E-state index contributed by atoms with van der Waals surface area (Å²) in [6.45, 7) is 14.2. The van der Waals surface area contributed by atoms with Gasteiger partial charge in [-0.2, -0.15) is 40.6 Å². The number of carbonyl (C=O) groups is 4. The van der Waals surface area contributed by atoms with Crippen LogP contribution in [0.15, 0.2) is 321 Å². The number of anilines is 8. The lowest BCUT2D eigenvalue weighted by atomic mass is 10.0. The Kier molecular flexibility index (Phi) is 30.2. The van der Waals surface area contributed by atoms with Gasteiger partial charge in [0.2, 0.25) is 0 Å². The van der Waals surface area contributed by atoms with Crippen molar-refractivity contribution in [2.45, 2.75) is 77.5 Å². The van der Waals surface area contributed by atoms with Crippen LogP contribution in [-0.4, -0.2) is 133 Å². The third-order valence-corrected chi connectivity index (χ3v) is 23.2. The van der Waals surface area contributed by atoms with Gasteiger partial charge in [-0.05, 0) is 232 Å². The maximum atomic E-state index is 13.8. The number of pyridine rings is 4. The van der Waals surface area contributed by atoms with Crippen LogP contribution >= 0.6 is 0 Å². The van der Waals surface area contributed by atoms with Gasteiger partial charge in [0, 0.05) is 174 Å². The van der Waals surface area contributed by atoms with Crippen LogP contribution in [0.4, 0.5) is 73.5 Å². The molecule has 0 fully saturated rings. The molecule has 672 valence electrons. The van der Waals surface area contributed by atoms with Gasteiger partial charge in [-0.1, -0.05) is 67.6 Å². The van der Waals surface area contributed by atoms with Gasteiger partial charge in [-0.25, -0.2) is 44.8 Å². The molecule has 0 unspecified atom stereocenters. The zero-order valence-corrected chi connectivity index (χ0v) is 73.9. The molecule has 0 saturated carbocycles. The lowest BCUT2D eigenvalue weighted by Gasteiger charge is -2.17. The molecule has 0 aliphatic rings. The van der Waals surface area contributed by atoms with Crippen LogP contribution in [0.5, 0.6) is 0 Å². The molecule has 0 aliphatic carbocycles. The lowest BCUT2D eigenvalue weighted by molar-refractivity contribution is 0.215. The summed E-state index contributed by atoms with van der Waals surface area (Å²) in [6, 6.07) is 61.0. The first kappa shape index (κ1) is 93.5. The summed E-state index contributed by atoms with van der Waals surface area (Å²) >= 11 is 0. The molecule has 0 spiro atoms. The molecule has 8 aromatic carbocycles. The average molecular weight is 1820 g/mol. The van der Waals surface area contributed by atoms with Crippen molar-refractivity contribution in [1.82, 2.24) is 59.1 Å². The highest BCUT2D eigenvalue weighted by Gasteiger charge is 2.25. The van der Waals surface area contributed by atoms with E-state index in [1.54, 1.807) is 134 Å². The predicted molar refractivity (Wildman–Crippen MR) is 501 cm³/mol. The molecule has 0 aliphatic heterocycles. The zero-order chi connectivity index (χ0) is 93.8. The number of sulfone groups is 2. The fourth-order valence-electron chi connectivity index (χ4n) is 13.5. The maximum Gasteiger partial charge on any atom is 0.350 e. The highest BCUT2D eigenvalue weighted by atomic mass is 32.2. The molecular weight excluding hydrogens is 1730 g/mol. The molecule has 16 aromatic rings. The molecule has 0 bridgehead atoms. The number of halogens is 2. The Labute approximate surface area is 758 Å². The molecule has 8 heterocycles. The largest absolute Gasteiger partial charge is 0.350 e. The van der Waals surface area contributed by atoms with Crippen molar-refractivity contribution in [1.29, 1.82) is 0 Å². The van der Waals surface area contributed by atoms with Crippen LogP contribution in [-0.2, 0) is 45.9 Å². The molecule has 132 heavy (non-hydrogen) atoms. The molecule has 16 rings (SSSR count). The topological polar surface area (TPSA) is 401 Å². The fourth-order valence-corrected chi connectivity index (χ4v) is 15.0. The Balaban J connectivity index is 0.000000150. The summed E-state index contributed by atoms with van der Waals surface area (Å²) in [5.74, 6) is -1.74. The van der Waals surface area contributed by atoms with Crippen molar-refractivity contribution in [3.63, 3.8) is 0 Å². The van der Waals surface area contributed by atoms with Crippen LogP contribution in [0, 0.1) is 18.6 Å². The van der Waals surface area contributed by atoms with E-state index in [1.165, 1.54) is 54.6 Å². The fraction of sp³-hybridized carbons (Fsp3) is 0.125. The highest BCUT2D eigenvalue weighted by Crippen LogP contribution is 2.39. The minimum Gasteiger partial charge on any atom is -0.306 e. The smallest absolute Gasteiger partial charge is 0.306 e. The number of hydrogen-bond acceptors (Lipinski definition) is 20. The van der Waals surface area contributed by atoms with Gasteiger partial charge < -0.3 is 21.3 Å². The Hall–Kier alpha value is -16.1. The van der Waals surface area contributed by atoms with E-state index >= 15 is 0 Å². The second-order valence-corrected chi connectivity index (χ2v) is 33.6. The Bertz CT molecular complexity index is 6980. The van der Waals surface area contributed by atoms with Gasteiger partial charge >= 0.3 is 24.1 Å². The number of carbonyl (C=O) groups excluding carboxylic acids is 4. The van der Waals surface area contributed by atoms with E-state index < -0.39 is 55.4 Å². The summed E-state index contributed by atoms with van der Waals surface area (Å²) in [4.78, 5) is 66.8. The van der Waals surface area contributed by atoms with E-state index in [4.69, 9.17) is 0 Å². The first-order valence-electron chi connectivity index (χ1n) is 41.3. The molecule has 8 amide bonds. The number of nitrogens with zero attached hydrogens (tertiary/aromatic N) is 16. The summed E-state index contributed by atoms with van der Waals surface area (Å²) < 4.78 is 81.3. The van der Waals surface area contributed by atoms with E-state index in [0.29, 0.717) is 74.3 Å². The number of hydrogen-bond donors (Lipinski definition) is 8. The summed E-state index contributed by atoms with van der Waals surface area (Å²) in [6.07, 6.45) is 22.4. The standard InChI is InChI=1S/C25H25N5O4S.C24H23N5O4S.C24H23N5O2.C23H19F2N5O2/c1-3-29-17-23(24(28-29)18-12-14-26-15-13-18)19-6-5-7-21(16-19)30(32)25(31)27-20-8-10-22(11-9-20)35(33,34)4-2;1-3-28-16-22(23(27-28)17-11-13-25-14-12-17)18-5-4-6-20(15-18)29(31)24(30)26-19-7-9-21(10-8-19)34(2,32)33;1-3-28-16-22(23(27-28)18-10-12-25-13-11-18)19-7-5-9-21(15-19)29(31)24(30)26-20-8-4-6-17(2)14-20;1-2-29-14-19(22(28-29)15-8-10-26-11-9-15)16-4-3-5-18(12-16)30(32)23(31)27-21-7-6-17(24)13-20(21)25/h5-17,32H,3-4H2,1-2H3,(H,27,31);4-16,31H,3H2,1-2H3,(H,26,30);4-16,31H,3H2,1-2H3,(H,26,30);3-14,32H,2H2,1H3,(H,27,31). The Morgan fingerprint density at radius 2 is 0.636 bits per heavy atom. The van der Waals surface area contributed by atoms with E-state index in [-0.39, 0.29) is 38.3 Å². The SMILES string of the molecule is CCn1cc(-c2cccc(N(O)C(=O)Nc3ccc(F)cc3F)c2)c(-c2ccncc2)n1.CCn1cc(-c2cccc(N(O)C(=O)Nc3ccc(S(=O)(=O)CC)cc3)c2)c(-c2ccncc2)n1.CCn1cc(-c2cccc(N(O)C(=O)Nc3ccc(S(C)(=O)=O)cc3)c2)c(-c2ccncc2)n1.CCn1cc(-c2cccc(N(O)C(=O)Nc3cccc(C)c3)c2)c(-c2ccncc2)n1. The van der Waals surface area contributed by atoms with Gasteiger partial charge in [0.1, 0.15) is 34.4 Å². The minimum atomic E-state index is -3.35. The van der Waals surface area contributed by atoms with Crippen molar-refractivity contribution in [3.05, 3.63) is 328 Å². The monoisotopic (exact) mass is 1820 g/mol. The summed E-state index contributed by atoms with van der Waals surface area (Å²) in [5, 5.41) is 72.7. The molecule has 32 nitrogen and oxygen atoms in total. The second-order valence-electron chi connectivity index (χ2n) is 29.3. The van der Waals surface area contributed by atoms with Crippen molar-refractivity contribution < 1.29 is 65.6 Å². The van der Waals surface area contributed by atoms with E-state index in [9.17, 15) is 65.6 Å². The minimum absolute atomic E-state index is 0.0144. The average Bonchev–Trinajstić information content (AvgIpc) is 1.65. The van der Waals surface area contributed by atoms with Crippen molar-refractivity contribution in [2.75, 3.05) is 53.5 Å². The number of hydroxylamine groups is 4. The molecule has 36 heteroatoms. The lowest BCUT2D eigenvalue weighted by Crippen LogP contribution is -2.32. The predicted octanol–water partition coefficient (Wildman–Crippen LogP) is 20.0. The number of aromatic nitrogens is 12. The number of amides is 8. The summed E-state index contributed by atoms with van der Waals surface area (Å²) in [5.41, 5.74) is 16.3. The molecule has 0 atom stereocenters. The van der Waals surface area contributed by atoms with E-state index in [1.807, 2.05) is 164 Å². The molecule has 0 saturated heterocycles. The highest BCUT2D eigenvalue weighted by molar-refractivity contribution is 7.91. The van der Waals surface area contributed by atoms with Crippen molar-refractivity contribution >= 4 is 89.3 Å². The van der Waals surface area contributed by atoms with Crippen LogP contribution in [0.25, 0.3) is 89.5 Å². The number of urea groups is 4. The number of nitrogens with one attached hydrogen (secondary N) is 4. The van der Waals surface area contributed by atoms with Crippen LogP contribution in [0.2, 0.25) is 0 Å². The number of aryl methyl sites for hydroxylation is 5. The second kappa shape index (κ2) is 42.7. The van der Waals surface area contributed by atoms with Crippen molar-refractivity contribution in [2.24, 2.45) is 0 Å². The van der Waals surface area contributed by atoms with Gasteiger partial charge in [0.05, 0.1) is 44.0 Å². The maximum absolute atomic E-state index is 13.8. The first-order chi connectivity index (χ1) is 63.6. The van der Waals surface area contributed by atoms with Crippen molar-refractivity contribution in [3.8, 4) is 89.5 Å². The van der Waals surface area contributed by atoms with Crippen LogP contribution in [0.3, 0.4) is 0 Å². The third-order valence-electron chi connectivity index (χ3n) is 20.4. The molecule has 0 radical (unpaired) electrons. The molecule has 8 aromatic heterocycles. The zero-order valence-electron chi connectivity index (χ0n) is 72.3. The molecular formula is C96H90F2N20O12S2. The van der Waals surface area contributed by atoms with E-state index in [0.717, 1.165) is 114 Å². The van der Waals surface area contributed by atoms with Gasteiger partial charge in [0.25, 0.3) is 0 Å². The molecule has 8 N–H and O–H groups in total. The third kappa shape index (κ3) is 23.2. The van der Waals surface area contributed by atoms with Crippen LogP contribution in [0.1, 0.15) is 40.2 Å². The Morgan fingerprint density at radius 3 is 0.924 bits per heavy atom. The van der Waals surface area contributed by atoms with Crippen LogP contribution < -0.4 is 41.5 Å². The quantitative estimate of drug-likeness (QED) is 0.0218. The Morgan fingerprint density at radius 1 is 0.341 bits per heavy atom. The normalized spacial score (nSPS) is 11.0. The van der Waals surface area contributed by atoms with Gasteiger partial charge in [-0.15, -0.1) is 0 Å². The number of rotatable bonds is 23. The van der Waals surface area contributed by atoms with E-state index in [2.05, 4.69) is 61.6 Å². The number of benzene rings is 8. The summed E-state index contributed by atoms with van der Waals surface area (Å²) in [7, 11) is -6.69. The first-order valence-corrected chi connectivity index (χ1v) is 44.8.